The van der Waals surface area contributed by atoms with Crippen molar-refractivity contribution < 1.29 is 0 Å². The van der Waals surface area contributed by atoms with Crippen LogP contribution in [0, 0.1) is 0 Å². The zero-order valence-electron chi connectivity index (χ0n) is 38.4. The van der Waals surface area contributed by atoms with Gasteiger partial charge in [-0.15, -0.1) is 34.0 Å². The highest BCUT2D eigenvalue weighted by Crippen LogP contribution is 2.48. The summed E-state index contributed by atoms with van der Waals surface area (Å²) in [7, 11) is 0. The quantitative estimate of drug-likeness (QED) is 0.167. The first-order valence-corrected chi connectivity index (χ1v) is 26.9. The molecular formula is C66H37N3S3. The van der Waals surface area contributed by atoms with Gasteiger partial charge in [0.15, 0.2) is 0 Å². The van der Waals surface area contributed by atoms with E-state index in [-0.39, 0.29) is 0 Å². The highest BCUT2D eigenvalue weighted by molar-refractivity contribution is 7.27. The molecule has 6 aromatic heterocycles. The van der Waals surface area contributed by atoms with Crippen LogP contribution in [-0.2, 0) is 0 Å². The third kappa shape index (κ3) is 5.22. The maximum absolute atomic E-state index is 2.57. The molecule has 11 aromatic carbocycles. The van der Waals surface area contributed by atoms with Gasteiger partial charge in [-0.2, -0.15) is 0 Å². The maximum Gasteiger partial charge on any atom is 0.0720 e. The maximum atomic E-state index is 2.57. The lowest BCUT2D eigenvalue weighted by molar-refractivity contribution is 1.17. The first-order chi connectivity index (χ1) is 35.7. The van der Waals surface area contributed by atoms with Gasteiger partial charge in [0.25, 0.3) is 0 Å². The largest absolute Gasteiger partial charge is 0.309 e. The fourth-order valence-electron chi connectivity index (χ4n) is 12.4. The third-order valence-electron chi connectivity index (χ3n) is 15.4. The molecule has 0 saturated carbocycles. The van der Waals surface area contributed by atoms with Crippen LogP contribution in [0.2, 0.25) is 0 Å². The molecule has 0 spiro atoms. The SMILES string of the molecule is c1cc(-c2ccc3c(c2)c2ccc4c5ccccc5sc4c2n3-c2cccc3sc4ccccc4c23)cc(-n2c3ccccc3c3c(-n4c5ccccc5c5ccc6c7ccccc7sc6c54)cccc32)c1. The Kier molecular flexibility index (Phi) is 7.92. The summed E-state index contributed by atoms with van der Waals surface area (Å²) in [6.07, 6.45) is 0. The van der Waals surface area contributed by atoms with E-state index in [1.807, 2.05) is 34.0 Å². The number of thiophene rings is 3. The topological polar surface area (TPSA) is 14.8 Å². The van der Waals surface area contributed by atoms with Gasteiger partial charge >= 0.3 is 0 Å². The standard InChI is InChI=1S/C66H37N3S3/c1-6-21-51-41(16-1)44-31-33-46-42-17-3-8-26-57(42)71-65(46)63(44)68(51)55-24-12-23-54-61(55)48-19-2-7-22-52(48)67(54)40-15-11-14-38(36-40)39-30-35-53-50(37-39)45-32-34-47-43-18-4-9-27-58(43)72-66(47)64(45)69(53)56-25-13-29-60-62(56)49-20-5-10-28-59(49)70-60/h1-37H. The van der Waals surface area contributed by atoms with Crippen LogP contribution in [-0.4, -0.2) is 13.7 Å². The Morgan fingerprint density at radius 2 is 0.736 bits per heavy atom. The van der Waals surface area contributed by atoms with Crippen molar-refractivity contribution in [1.29, 1.82) is 0 Å². The predicted octanol–water partition coefficient (Wildman–Crippen LogP) is 19.7. The van der Waals surface area contributed by atoms with Crippen LogP contribution < -0.4 is 0 Å². The van der Waals surface area contributed by atoms with Crippen molar-refractivity contribution in [3.8, 4) is 28.2 Å². The molecule has 0 bridgehead atoms. The first kappa shape index (κ1) is 39.2. The van der Waals surface area contributed by atoms with E-state index in [0.717, 1.165) is 5.69 Å². The minimum atomic E-state index is 1.13. The molecule has 0 aliphatic carbocycles. The zero-order chi connectivity index (χ0) is 46.8. The Hall–Kier alpha value is -8.52. The second-order valence-electron chi connectivity index (χ2n) is 19.1. The van der Waals surface area contributed by atoms with E-state index in [1.165, 1.54) is 148 Å². The minimum Gasteiger partial charge on any atom is -0.309 e. The fraction of sp³-hybridized carbons (Fsp3) is 0. The van der Waals surface area contributed by atoms with Gasteiger partial charge in [0.2, 0.25) is 0 Å². The van der Waals surface area contributed by atoms with Gasteiger partial charge < -0.3 is 13.7 Å². The van der Waals surface area contributed by atoms with E-state index in [0.29, 0.717) is 0 Å². The summed E-state index contributed by atoms with van der Waals surface area (Å²) >= 11 is 5.69. The van der Waals surface area contributed by atoms with Crippen LogP contribution in [0.5, 0.6) is 0 Å². The molecule has 334 valence electrons. The Bertz CT molecular complexity index is 5180. The number of nitrogens with zero attached hydrogens (tertiary/aromatic N) is 3. The molecular weight excluding hydrogens is 931 g/mol. The van der Waals surface area contributed by atoms with Crippen LogP contribution in [0.15, 0.2) is 224 Å². The average molecular weight is 968 g/mol. The van der Waals surface area contributed by atoms with Crippen LogP contribution in [0.1, 0.15) is 0 Å². The van der Waals surface area contributed by atoms with Gasteiger partial charge in [-0.05, 0) is 90.0 Å². The molecule has 0 radical (unpaired) electrons. The highest BCUT2D eigenvalue weighted by atomic mass is 32.1. The normalized spacial score (nSPS) is 12.4. The van der Waals surface area contributed by atoms with Crippen LogP contribution in [0.3, 0.4) is 0 Å². The summed E-state index contributed by atoms with van der Waals surface area (Å²) < 4.78 is 15.5. The predicted molar refractivity (Wildman–Crippen MR) is 314 cm³/mol. The van der Waals surface area contributed by atoms with E-state index in [1.54, 1.807) is 0 Å². The first-order valence-electron chi connectivity index (χ1n) is 24.5. The van der Waals surface area contributed by atoms with Crippen molar-refractivity contribution in [3.05, 3.63) is 224 Å². The van der Waals surface area contributed by atoms with E-state index < -0.39 is 0 Å². The van der Waals surface area contributed by atoms with E-state index in [2.05, 4.69) is 238 Å². The van der Waals surface area contributed by atoms with Gasteiger partial charge in [-0.1, -0.05) is 146 Å². The summed E-state index contributed by atoms with van der Waals surface area (Å²) in [4.78, 5) is 0. The van der Waals surface area contributed by atoms with Crippen molar-refractivity contribution in [2.75, 3.05) is 0 Å². The number of benzene rings is 11. The fourth-order valence-corrected chi connectivity index (χ4v) is 16.0. The lowest BCUT2D eigenvalue weighted by Gasteiger charge is -2.13. The monoisotopic (exact) mass is 967 g/mol. The second kappa shape index (κ2) is 14.5. The molecule has 6 heterocycles. The lowest BCUT2D eigenvalue weighted by Crippen LogP contribution is -1.97. The van der Waals surface area contributed by atoms with Crippen LogP contribution in [0.4, 0.5) is 0 Å². The number of rotatable bonds is 4. The minimum absolute atomic E-state index is 1.13. The summed E-state index contributed by atoms with van der Waals surface area (Å²) in [6.45, 7) is 0. The molecule has 0 fully saturated rings. The molecule has 17 rings (SSSR count). The van der Waals surface area contributed by atoms with Crippen molar-refractivity contribution >= 4 is 160 Å². The van der Waals surface area contributed by atoms with Gasteiger partial charge in [0.1, 0.15) is 0 Å². The Balaban J connectivity index is 0.892. The zero-order valence-corrected chi connectivity index (χ0v) is 40.9. The van der Waals surface area contributed by atoms with Crippen molar-refractivity contribution in [3.63, 3.8) is 0 Å². The molecule has 17 aromatic rings. The average Bonchev–Trinajstić information content (AvgIpc) is 4.29. The van der Waals surface area contributed by atoms with Crippen LogP contribution in [0.25, 0.3) is 154 Å². The highest BCUT2D eigenvalue weighted by Gasteiger charge is 2.24. The van der Waals surface area contributed by atoms with E-state index in [4.69, 9.17) is 0 Å². The summed E-state index contributed by atoms with van der Waals surface area (Å²) in [5.74, 6) is 0. The molecule has 6 heteroatoms. The summed E-state index contributed by atoms with van der Waals surface area (Å²) in [6, 6.07) is 84.0. The Labute approximate surface area is 423 Å². The Morgan fingerprint density at radius 3 is 1.44 bits per heavy atom. The molecule has 3 nitrogen and oxygen atoms in total. The third-order valence-corrected chi connectivity index (χ3v) is 18.9. The van der Waals surface area contributed by atoms with Gasteiger partial charge in [0, 0.05) is 89.1 Å². The number of aromatic nitrogens is 3. The molecule has 0 aliphatic rings. The Morgan fingerprint density at radius 1 is 0.250 bits per heavy atom. The molecule has 0 unspecified atom stereocenters. The van der Waals surface area contributed by atoms with Gasteiger partial charge in [-0.3, -0.25) is 0 Å². The van der Waals surface area contributed by atoms with Crippen molar-refractivity contribution in [1.82, 2.24) is 13.7 Å². The number of fused-ring (bicyclic) bond motifs is 20. The molecule has 0 N–H and O–H groups in total. The summed E-state index contributed by atoms with van der Waals surface area (Å²) in [5, 5.41) is 15.4. The molecule has 0 aliphatic heterocycles. The van der Waals surface area contributed by atoms with Gasteiger partial charge in [0.05, 0.1) is 53.9 Å². The second-order valence-corrected chi connectivity index (χ2v) is 22.3. The molecule has 0 saturated heterocycles. The number of hydrogen-bond donors (Lipinski definition) is 0. The van der Waals surface area contributed by atoms with E-state index >= 15 is 0 Å². The van der Waals surface area contributed by atoms with Crippen LogP contribution >= 0.6 is 34.0 Å². The smallest absolute Gasteiger partial charge is 0.0720 e. The summed E-state index contributed by atoms with van der Waals surface area (Å²) in [5.41, 5.74) is 13.3. The molecule has 0 atom stereocenters. The lowest BCUT2D eigenvalue weighted by atomic mass is 10.0. The number of para-hydroxylation sites is 2. The van der Waals surface area contributed by atoms with Crippen molar-refractivity contribution in [2.24, 2.45) is 0 Å². The van der Waals surface area contributed by atoms with E-state index in [9.17, 15) is 0 Å². The number of hydrogen-bond acceptors (Lipinski definition) is 3. The van der Waals surface area contributed by atoms with Gasteiger partial charge in [-0.25, -0.2) is 0 Å². The molecule has 0 amide bonds. The molecule has 72 heavy (non-hydrogen) atoms. The van der Waals surface area contributed by atoms with Crippen molar-refractivity contribution in [2.45, 2.75) is 0 Å².